The van der Waals surface area contributed by atoms with Crippen LogP contribution in [0.5, 0.6) is 0 Å². The van der Waals surface area contributed by atoms with Gasteiger partial charge < -0.3 is 20.3 Å². The minimum Gasteiger partial charge on any atom is -0.385 e. The van der Waals surface area contributed by atoms with Gasteiger partial charge in [-0.25, -0.2) is 0 Å². The van der Waals surface area contributed by atoms with Crippen LogP contribution < -0.4 is 10.6 Å². The third kappa shape index (κ3) is 9.78. The fraction of sp³-hybridized carbons (Fsp3) is 0.588. The molecule has 0 spiro atoms. The highest BCUT2D eigenvalue weighted by atomic mass is 127. The Bertz CT molecular complexity index is 426. The first kappa shape index (κ1) is 22.1. The van der Waals surface area contributed by atoms with Crippen LogP contribution >= 0.6 is 24.0 Å². The molecule has 1 aromatic carbocycles. The normalized spacial score (nSPS) is 12.7. The summed E-state index contributed by atoms with van der Waals surface area (Å²) < 4.78 is 5.05. The van der Waals surface area contributed by atoms with Crippen LogP contribution in [0.15, 0.2) is 35.3 Å². The second-order valence-corrected chi connectivity index (χ2v) is 5.53. The Labute approximate surface area is 157 Å². The van der Waals surface area contributed by atoms with E-state index in [-0.39, 0.29) is 24.0 Å². The molecule has 0 heterocycles. The van der Waals surface area contributed by atoms with E-state index < -0.39 is 0 Å². The van der Waals surface area contributed by atoms with Crippen LogP contribution in [0.1, 0.15) is 12.0 Å². The van der Waals surface area contributed by atoms with Gasteiger partial charge in [0, 0.05) is 39.9 Å². The van der Waals surface area contributed by atoms with E-state index in [0.717, 1.165) is 38.5 Å². The van der Waals surface area contributed by atoms with E-state index in [1.807, 2.05) is 0 Å². The van der Waals surface area contributed by atoms with Crippen molar-refractivity contribution < 1.29 is 4.74 Å². The molecule has 0 aliphatic rings. The fourth-order valence-electron chi connectivity index (χ4n) is 2.18. The molecular weight excluding hydrogens is 403 g/mol. The number of aliphatic imine (C=N–C) groups is 1. The summed E-state index contributed by atoms with van der Waals surface area (Å²) in [6.07, 6.45) is 1.99. The largest absolute Gasteiger partial charge is 0.385 e. The minimum absolute atomic E-state index is 0. The van der Waals surface area contributed by atoms with Crippen LogP contribution in [-0.2, 0) is 11.2 Å². The van der Waals surface area contributed by atoms with Crippen molar-refractivity contribution in [2.24, 2.45) is 4.99 Å². The van der Waals surface area contributed by atoms with Crippen molar-refractivity contribution >= 4 is 29.9 Å². The maximum Gasteiger partial charge on any atom is 0.191 e. The van der Waals surface area contributed by atoms with E-state index in [4.69, 9.17) is 4.74 Å². The van der Waals surface area contributed by atoms with Gasteiger partial charge in [0.15, 0.2) is 5.96 Å². The first-order chi connectivity index (χ1) is 10.7. The summed E-state index contributed by atoms with van der Waals surface area (Å²) >= 11 is 0. The van der Waals surface area contributed by atoms with Gasteiger partial charge in [-0.2, -0.15) is 0 Å². The van der Waals surface area contributed by atoms with Crippen LogP contribution in [-0.4, -0.2) is 64.9 Å². The van der Waals surface area contributed by atoms with E-state index >= 15 is 0 Å². The molecule has 0 amide bonds. The van der Waals surface area contributed by atoms with Gasteiger partial charge in [-0.15, -0.1) is 24.0 Å². The molecule has 0 aliphatic heterocycles. The lowest BCUT2D eigenvalue weighted by molar-refractivity contribution is 0.195. The van der Waals surface area contributed by atoms with Gasteiger partial charge in [0.25, 0.3) is 0 Å². The van der Waals surface area contributed by atoms with Crippen LogP contribution in [0.4, 0.5) is 0 Å². The second-order valence-electron chi connectivity index (χ2n) is 5.53. The number of likely N-dealkylation sites (N-methyl/N-ethyl adjacent to an activating group) is 1. The Morgan fingerprint density at radius 3 is 2.48 bits per heavy atom. The molecule has 0 saturated carbocycles. The standard InChI is InChI=1S/C17H30N4O.HI/c1-18-17(19-11-8-12-22-4)20-14-16(21(2)3)13-15-9-6-5-7-10-15;/h5-7,9-10,16H,8,11-14H2,1-4H3,(H2,18,19,20);1H. The van der Waals surface area contributed by atoms with Crippen LogP contribution in [0, 0.1) is 0 Å². The van der Waals surface area contributed by atoms with E-state index in [1.54, 1.807) is 14.2 Å². The number of nitrogens with one attached hydrogen (secondary N) is 2. The molecule has 0 bridgehead atoms. The Hall–Kier alpha value is -0.860. The average molecular weight is 434 g/mol. The zero-order valence-corrected chi connectivity index (χ0v) is 17.0. The number of rotatable bonds is 9. The average Bonchev–Trinajstić information content (AvgIpc) is 2.53. The number of guanidine groups is 1. The summed E-state index contributed by atoms with van der Waals surface area (Å²) in [6, 6.07) is 11.0. The summed E-state index contributed by atoms with van der Waals surface area (Å²) in [5.74, 6) is 0.844. The number of methoxy groups -OCH3 is 1. The quantitative estimate of drug-likeness (QED) is 0.270. The zero-order chi connectivity index (χ0) is 16.2. The molecular formula is C17H31IN4O. The van der Waals surface area contributed by atoms with Crippen molar-refractivity contribution in [1.82, 2.24) is 15.5 Å². The Morgan fingerprint density at radius 2 is 1.91 bits per heavy atom. The summed E-state index contributed by atoms with van der Waals surface area (Å²) in [4.78, 5) is 6.51. The van der Waals surface area contributed by atoms with Crippen molar-refractivity contribution in [3.63, 3.8) is 0 Å². The molecule has 1 rings (SSSR count). The van der Waals surface area contributed by atoms with Crippen molar-refractivity contribution in [2.45, 2.75) is 18.9 Å². The predicted molar refractivity (Wildman–Crippen MR) is 109 cm³/mol. The molecule has 0 radical (unpaired) electrons. The van der Waals surface area contributed by atoms with Crippen molar-refractivity contribution in [3.05, 3.63) is 35.9 Å². The number of hydrogen-bond donors (Lipinski definition) is 2. The third-order valence-electron chi connectivity index (χ3n) is 3.59. The number of nitrogens with zero attached hydrogens (tertiary/aromatic N) is 2. The number of halogens is 1. The van der Waals surface area contributed by atoms with Gasteiger partial charge in [-0.05, 0) is 32.5 Å². The zero-order valence-electron chi connectivity index (χ0n) is 14.7. The molecule has 23 heavy (non-hydrogen) atoms. The summed E-state index contributed by atoms with van der Waals surface area (Å²) in [6.45, 7) is 2.48. The predicted octanol–water partition coefficient (Wildman–Crippen LogP) is 1.98. The topological polar surface area (TPSA) is 48.9 Å². The van der Waals surface area contributed by atoms with Gasteiger partial charge in [0.2, 0.25) is 0 Å². The van der Waals surface area contributed by atoms with Gasteiger partial charge in [0.1, 0.15) is 0 Å². The monoisotopic (exact) mass is 434 g/mol. The summed E-state index contributed by atoms with van der Waals surface area (Å²) in [5, 5.41) is 6.71. The number of ether oxygens (including phenoxy) is 1. The van der Waals surface area contributed by atoms with Gasteiger partial charge in [-0.3, -0.25) is 4.99 Å². The van der Waals surface area contributed by atoms with E-state index in [9.17, 15) is 0 Å². The molecule has 5 nitrogen and oxygen atoms in total. The van der Waals surface area contributed by atoms with Gasteiger partial charge in [-0.1, -0.05) is 30.3 Å². The number of benzene rings is 1. The molecule has 0 saturated heterocycles. The fourth-order valence-corrected chi connectivity index (χ4v) is 2.18. The molecule has 2 N–H and O–H groups in total. The molecule has 0 aliphatic carbocycles. The van der Waals surface area contributed by atoms with Crippen LogP contribution in [0.3, 0.4) is 0 Å². The maximum absolute atomic E-state index is 5.05. The summed E-state index contributed by atoms with van der Waals surface area (Å²) in [5.41, 5.74) is 1.35. The Morgan fingerprint density at radius 1 is 1.22 bits per heavy atom. The molecule has 1 unspecified atom stereocenters. The lowest BCUT2D eigenvalue weighted by atomic mass is 10.1. The maximum atomic E-state index is 5.05. The summed E-state index contributed by atoms with van der Waals surface area (Å²) in [7, 11) is 7.75. The highest BCUT2D eigenvalue weighted by Crippen LogP contribution is 2.06. The number of hydrogen-bond acceptors (Lipinski definition) is 3. The Kier molecular flexibility index (Phi) is 13.1. The van der Waals surface area contributed by atoms with Crippen LogP contribution in [0.2, 0.25) is 0 Å². The molecule has 132 valence electrons. The van der Waals surface area contributed by atoms with Crippen molar-refractivity contribution in [3.8, 4) is 0 Å². The Balaban J connectivity index is 0.00000484. The van der Waals surface area contributed by atoms with E-state index in [1.165, 1.54) is 5.56 Å². The van der Waals surface area contributed by atoms with Crippen LogP contribution in [0.25, 0.3) is 0 Å². The van der Waals surface area contributed by atoms with Crippen molar-refractivity contribution in [2.75, 3.05) is 47.9 Å². The molecule has 1 atom stereocenters. The first-order valence-electron chi connectivity index (χ1n) is 7.81. The molecule has 0 fully saturated rings. The lowest BCUT2D eigenvalue weighted by Gasteiger charge is -2.25. The SMILES string of the molecule is CN=C(NCCCOC)NCC(Cc1ccccc1)N(C)C.I. The van der Waals surface area contributed by atoms with E-state index in [0.29, 0.717) is 6.04 Å². The molecule has 1 aromatic rings. The van der Waals surface area contributed by atoms with Gasteiger partial charge >= 0.3 is 0 Å². The minimum atomic E-state index is 0. The highest BCUT2D eigenvalue weighted by molar-refractivity contribution is 14.0. The van der Waals surface area contributed by atoms with Crippen molar-refractivity contribution in [1.29, 1.82) is 0 Å². The second kappa shape index (κ2) is 13.6. The van der Waals surface area contributed by atoms with E-state index in [2.05, 4.69) is 65.0 Å². The first-order valence-corrected chi connectivity index (χ1v) is 7.81. The third-order valence-corrected chi connectivity index (χ3v) is 3.59. The lowest BCUT2D eigenvalue weighted by Crippen LogP contribution is -2.46. The molecule has 6 heteroatoms. The van der Waals surface area contributed by atoms with Gasteiger partial charge in [0.05, 0.1) is 0 Å². The molecule has 0 aromatic heterocycles. The highest BCUT2D eigenvalue weighted by Gasteiger charge is 2.12. The smallest absolute Gasteiger partial charge is 0.191 e.